The monoisotopic (exact) mass is 205 g/mol. The van der Waals surface area contributed by atoms with Crippen LogP contribution in [0.4, 0.5) is 5.69 Å². The Kier molecular flexibility index (Phi) is 2.00. The van der Waals surface area contributed by atoms with Gasteiger partial charge in [0.05, 0.1) is 5.92 Å². The third kappa shape index (κ3) is 1.39. The Labute approximate surface area is 88.9 Å². The maximum atomic E-state index is 11.1. The smallest absolute Gasteiger partial charge is 0.307 e. The van der Waals surface area contributed by atoms with Crippen molar-refractivity contribution in [3.8, 4) is 0 Å². The number of nitrogens with two attached hydrogens (primary N) is 1. The minimum absolute atomic E-state index is 0.297. The predicted molar refractivity (Wildman–Crippen MR) is 58.7 cm³/mol. The van der Waals surface area contributed by atoms with E-state index in [9.17, 15) is 4.79 Å². The normalized spacial score (nSPS) is 22.4. The number of aliphatic carboxylic acids is 1. The minimum atomic E-state index is -0.727. The van der Waals surface area contributed by atoms with Crippen LogP contribution in [-0.2, 0) is 16.6 Å². The number of hydrogen-bond acceptors (Lipinski definition) is 2. The van der Waals surface area contributed by atoms with Gasteiger partial charge in [0.25, 0.3) is 0 Å². The number of nitrogen functional groups attached to an aromatic ring is 1. The van der Waals surface area contributed by atoms with Crippen molar-refractivity contribution in [2.45, 2.75) is 25.7 Å². The number of rotatable bonds is 1. The van der Waals surface area contributed by atoms with E-state index in [1.54, 1.807) is 0 Å². The second kappa shape index (κ2) is 2.99. The first-order valence-electron chi connectivity index (χ1n) is 5.04. The number of anilines is 1. The van der Waals surface area contributed by atoms with E-state index in [4.69, 9.17) is 10.8 Å². The second-order valence-corrected chi connectivity index (χ2v) is 4.73. The fourth-order valence-corrected chi connectivity index (χ4v) is 2.47. The molecule has 1 aliphatic rings. The first kappa shape index (κ1) is 10.0. The molecule has 0 bridgehead atoms. The highest BCUT2D eigenvalue weighted by Gasteiger charge is 2.43. The SMILES string of the molecule is CC1(C)c2ccc(N)cc2CC1C(=O)O. The zero-order chi connectivity index (χ0) is 11.2. The zero-order valence-electron chi connectivity index (χ0n) is 8.95. The van der Waals surface area contributed by atoms with Crippen LogP contribution in [0, 0.1) is 5.92 Å². The fraction of sp³-hybridized carbons (Fsp3) is 0.417. The Morgan fingerprint density at radius 2 is 2.20 bits per heavy atom. The van der Waals surface area contributed by atoms with Crippen molar-refractivity contribution in [3.05, 3.63) is 29.3 Å². The molecule has 1 aliphatic carbocycles. The van der Waals surface area contributed by atoms with Crippen molar-refractivity contribution in [2.24, 2.45) is 5.92 Å². The number of carbonyl (C=O) groups is 1. The van der Waals surface area contributed by atoms with Gasteiger partial charge in [-0.25, -0.2) is 0 Å². The molecule has 0 saturated carbocycles. The maximum Gasteiger partial charge on any atom is 0.307 e. The topological polar surface area (TPSA) is 63.3 Å². The summed E-state index contributed by atoms with van der Waals surface area (Å²) in [5, 5.41) is 9.16. The summed E-state index contributed by atoms with van der Waals surface area (Å²) in [6, 6.07) is 5.68. The van der Waals surface area contributed by atoms with Gasteiger partial charge >= 0.3 is 5.97 Å². The lowest BCUT2D eigenvalue weighted by atomic mass is 9.78. The summed E-state index contributed by atoms with van der Waals surface area (Å²) in [5.74, 6) is -1.07. The van der Waals surface area contributed by atoms with Gasteiger partial charge in [-0.05, 0) is 29.7 Å². The number of benzene rings is 1. The molecule has 2 rings (SSSR count). The Morgan fingerprint density at radius 3 is 2.80 bits per heavy atom. The van der Waals surface area contributed by atoms with E-state index in [2.05, 4.69) is 0 Å². The molecular formula is C12H15NO2. The van der Waals surface area contributed by atoms with Gasteiger partial charge in [0.15, 0.2) is 0 Å². The molecule has 0 amide bonds. The Morgan fingerprint density at radius 1 is 1.53 bits per heavy atom. The molecular weight excluding hydrogens is 190 g/mol. The molecule has 1 unspecified atom stereocenters. The fourth-order valence-electron chi connectivity index (χ4n) is 2.47. The van der Waals surface area contributed by atoms with E-state index in [0.29, 0.717) is 12.1 Å². The number of carboxylic acids is 1. The Hall–Kier alpha value is -1.51. The molecule has 15 heavy (non-hydrogen) atoms. The van der Waals surface area contributed by atoms with E-state index >= 15 is 0 Å². The quantitative estimate of drug-likeness (QED) is 0.687. The molecule has 3 nitrogen and oxygen atoms in total. The van der Waals surface area contributed by atoms with Crippen LogP contribution in [0.3, 0.4) is 0 Å². The van der Waals surface area contributed by atoms with Gasteiger partial charge < -0.3 is 10.8 Å². The van der Waals surface area contributed by atoms with Gasteiger partial charge in [-0.15, -0.1) is 0 Å². The second-order valence-electron chi connectivity index (χ2n) is 4.73. The predicted octanol–water partition coefficient (Wildman–Crippen LogP) is 1.80. The molecule has 1 atom stereocenters. The average molecular weight is 205 g/mol. The summed E-state index contributed by atoms with van der Waals surface area (Å²) in [7, 11) is 0. The lowest BCUT2D eigenvalue weighted by Crippen LogP contribution is -2.30. The van der Waals surface area contributed by atoms with Crippen LogP contribution in [0.15, 0.2) is 18.2 Å². The summed E-state index contributed by atoms with van der Waals surface area (Å²) in [4.78, 5) is 11.1. The highest BCUT2D eigenvalue weighted by molar-refractivity contribution is 5.75. The van der Waals surface area contributed by atoms with Crippen LogP contribution in [0.5, 0.6) is 0 Å². The molecule has 80 valence electrons. The number of fused-ring (bicyclic) bond motifs is 1. The average Bonchev–Trinajstić information content (AvgIpc) is 2.37. The summed E-state index contributed by atoms with van der Waals surface area (Å²) in [6.45, 7) is 3.96. The highest BCUT2D eigenvalue weighted by Crippen LogP contribution is 2.43. The number of hydrogen-bond donors (Lipinski definition) is 2. The molecule has 0 heterocycles. The molecule has 0 fully saturated rings. The number of carboxylic acid groups (broad SMARTS) is 1. The van der Waals surface area contributed by atoms with Crippen molar-refractivity contribution in [1.29, 1.82) is 0 Å². The molecule has 3 heteroatoms. The van der Waals surface area contributed by atoms with Crippen molar-refractivity contribution >= 4 is 11.7 Å². The van der Waals surface area contributed by atoms with E-state index in [1.807, 2.05) is 32.0 Å². The van der Waals surface area contributed by atoms with E-state index in [-0.39, 0.29) is 11.3 Å². The minimum Gasteiger partial charge on any atom is -0.481 e. The maximum absolute atomic E-state index is 11.1. The lowest BCUT2D eigenvalue weighted by molar-refractivity contribution is -0.143. The largest absolute Gasteiger partial charge is 0.481 e. The van der Waals surface area contributed by atoms with Crippen LogP contribution < -0.4 is 5.73 Å². The van der Waals surface area contributed by atoms with E-state index in [0.717, 1.165) is 11.1 Å². The van der Waals surface area contributed by atoms with Crippen molar-refractivity contribution < 1.29 is 9.90 Å². The highest BCUT2D eigenvalue weighted by atomic mass is 16.4. The van der Waals surface area contributed by atoms with Crippen LogP contribution in [-0.4, -0.2) is 11.1 Å². The molecule has 0 aromatic heterocycles. The molecule has 3 N–H and O–H groups in total. The third-order valence-electron chi connectivity index (χ3n) is 3.42. The van der Waals surface area contributed by atoms with Crippen LogP contribution >= 0.6 is 0 Å². The van der Waals surface area contributed by atoms with Crippen molar-refractivity contribution in [2.75, 3.05) is 5.73 Å². The summed E-state index contributed by atoms with van der Waals surface area (Å²) in [6.07, 6.45) is 0.586. The van der Waals surface area contributed by atoms with Crippen molar-refractivity contribution in [1.82, 2.24) is 0 Å². The molecule has 1 aromatic carbocycles. The third-order valence-corrected chi connectivity index (χ3v) is 3.42. The Bertz CT molecular complexity index is 424. The summed E-state index contributed by atoms with van der Waals surface area (Å²) < 4.78 is 0. The summed E-state index contributed by atoms with van der Waals surface area (Å²) >= 11 is 0. The van der Waals surface area contributed by atoms with Crippen LogP contribution in [0.1, 0.15) is 25.0 Å². The zero-order valence-corrected chi connectivity index (χ0v) is 8.95. The standard InChI is InChI=1S/C12H15NO2/c1-12(2)9-4-3-8(13)5-7(9)6-10(12)11(14)15/h3-5,10H,6,13H2,1-2H3,(H,14,15). The molecule has 0 spiro atoms. The van der Waals surface area contributed by atoms with Crippen LogP contribution in [0.2, 0.25) is 0 Å². The van der Waals surface area contributed by atoms with Crippen LogP contribution in [0.25, 0.3) is 0 Å². The lowest BCUT2D eigenvalue weighted by Gasteiger charge is -2.24. The van der Waals surface area contributed by atoms with Gasteiger partial charge in [-0.2, -0.15) is 0 Å². The Balaban J connectivity index is 2.51. The van der Waals surface area contributed by atoms with Gasteiger partial charge in [0.1, 0.15) is 0 Å². The van der Waals surface area contributed by atoms with Gasteiger partial charge in [0, 0.05) is 11.1 Å². The van der Waals surface area contributed by atoms with Gasteiger partial charge in [0.2, 0.25) is 0 Å². The molecule has 0 saturated heterocycles. The molecule has 0 aliphatic heterocycles. The molecule has 1 aromatic rings. The van der Waals surface area contributed by atoms with Gasteiger partial charge in [-0.3, -0.25) is 4.79 Å². The van der Waals surface area contributed by atoms with E-state index in [1.165, 1.54) is 0 Å². The summed E-state index contributed by atoms with van der Waals surface area (Å²) in [5.41, 5.74) is 8.29. The first-order valence-corrected chi connectivity index (χ1v) is 5.04. The van der Waals surface area contributed by atoms with Crippen molar-refractivity contribution in [3.63, 3.8) is 0 Å². The molecule has 0 radical (unpaired) electrons. The van der Waals surface area contributed by atoms with Gasteiger partial charge in [-0.1, -0.05) is 19.9 Å². The van der Waals surface area contributed by atoms with E-state index < -0.39 is 5.97 Å². The first-order chi connectivity index (χ1) is 6.93.